The molecular formula is C28H27N3O3. The molecule has 6 nitrogen and oxygen atoms in total. The van der Waals surface area contributed by atoms with Crippen LogP contribution < -0.4 is 10.6 Å². The predicted molar refractivity (Wildman–Crippen MR) is 135 cm³/mol. The summed E-state index contributed by atoms with van der Waals surface area (Å²) in [4.78, 5) is 29.8. The maximum Gasteiger partial charge on any atom is 0.356 e. The van der Waals surface area contributed by atoms with E-state index in [-0.39, 0.29) is 5.69 Å². The number of hydrogen-bond donors (Lipinski definition) is 1. The second-order valence-corrected chi connectivity index (χ2v) is 8.11. The fourth-order valence-electron chi connectivity index (χ4n) is 3.53. The summed E-state index contributed by atoms with van der Waals surface area (Å²) in [5.41, 5.74) is 9.15. The second-order valence-electron chi connectivity index (χ2n) is 8.11. The Labute approximate surface area is 199 Å². The van der Waals surface area contributed by atoms with E-state index in [0.717, 1.165) is 27.5 Å². The monoisotopic (exact) mass is 453 g/mol. The molecule has 1 aromatic heterocycles. The topological polar surface area (TPSA) is 85.5 Å². The number of anilines is 1. The smallest absolute Gasteiger partial charge is 0.356 e. The van der Waals surface area contributed by atoms with Crippen molar-refractivity contribution in [3.8, 4) is 11.1 Å². The van der Waals surface area contributed by atoms with Crippen molar-refractivity contribution in [2.45, 2.75) is 25.8 Å². The maximum absolute atomic E-state index is 12.4. The fourth-order valence-corrected chi connectivity index (χ4v) is 3.53. The molecule has 5 rings (SSSR count). The molecule has 0 atom stereocenters. The maximum atomic E-state index is 12.4. The van der Waals surface area contributed by atoms with Crippen LogP contribution in [0.1, 0.15) is 35.3 Å². The van der Waals surface area contributed by atoms with Crippen LogP contribution in [0.15, 0.2) is 85.1 Å². The standard InChI is InChI=1S/C25H21N3O3.C3H6/c1-31-24(29)22-13-12-20(15-27-22)21-8-4-5-9-23(21)28(25(26)30)16-17-10-11-18-6-2-3-7-19(18)14-17;1-2-3-1/h2-15H,16H2,1H3,(H2,26,30);1-3H2. The highest BCUT2D eigenvalue weighted by molar-refractivity contribution is 5.96. The quantitative estimate of drug-likeness (QED) is 0.379. The first-order valence-corrected chi connectivity index (χ1v) is 11.3. The van der Waals surface area contributed by atoms with Crippen LogP contribution in [0, 0.1) is 0 Å². The number of para-hydroxylation sites is 1. The summed E-state index contributed by atoms with van der Waals surface area (Å²) in [6.45, 7) is 0.324. The summed E-state index contributed by atoms with van der Waals surface area (Å²) < 4.78 is 4.70. The SMILES string of the molecule is C1CC1.COC(=O)c1ccc(-c2ccccc2N(Cc2ccc3ccccc3c2)C(N)=O)cn1. The van der Waals surface area contributed by atoms with Crippen LogP contribution in [0.2, 0.25) is 0 Å². The Morgan fingerprint density at radius 1 is 0.912 bits per heavy atom. The highest BCUT2D eigenvalue weighted by atomic mass is 16.5. The van der Waals surface area contributed by atoms with Crippen LogP contribution in [-0.4, -0.2) is 24.1 Å². The Balaban J connectivity index is 0.000000846. The zero-order chi connectivity index (χ0) is 23.9. The lowest BCUT2D eigenvalue weighted by molar-refractivity contribution is 0.0594. The number of aromatic nitrogens is 1. The fraction of sp³-hybridized carbons (Fsp3) is 0.179. The van der Waals surface area contributed by atoms with Gasteiger partial charge in [0.15, 0.2) is 0 Å². The predicted octanol–water partition coefficient (Wildman–Crippen LogP) is 5.94. The number of benzene rings is 3. The summed E-state index contributed by atoms with van der Waals surface area (Å²) in [5, 5.41) is 2.23. The molecule has 6 heteroatoms. The Morgan fingerprint density at radius 2 is 1.62 bits per heavy atom. The Hall–Kier alpha value is -4.19. The number of urea groups is 1. The Bertz CT molecular complexity index is 1300. The largest absolute Gasteiger partial charge is 0.464 e. The first kappa shape index (κ1) is 23.0. The van der Waals surface area contributed by atoms with E-state index >= 15 is 0 Å². The van der Waals surface area contributed by atoms with Crippen molar-refractivity contribution in [1.29, 1.82) is 0 Å². The molecule has 1 saturated carbocycles. The van der Waals surface area contributed by atoms with Gasteiger partial charge in [-0.15, -0.1) is 0 Å². The average Bonchev–Trinajstić information content (AvgIpc) is 3.76. The summed E-state index contributed by atoms with van der Waals surface area (Å²) in [6.07, 6.45) is 6.08. The molecule has 0 saturated heterocycles. The lowest BCUT2D eigenvalue weighted by atomic mass is 10.0. The lowest BCUT2D eigenvalue weighted by Gasteiger charge is -2.24. The van der Waals surface area contributed by atoms with E-state index in [1.54, 1.807) is 18.3 Å². The van der Waals surface area contributed by atoms with Crippen LogP contribution >= 0.6 is 0 Å². The molecule has 0 radical (unpaired) electrons. The van der Waals surface area contributed by atoms with E-state index < -0.39 is 12.0 Å². The van der Waals surface area contributed by atoms with Gasteiger partial charge in [0.05, 0.1) is 19.3 Å². The summed E-state index contributed by atoms with van der Waals surface area (Å²) >= 11 is 0. The van der Waals surface area contributed by atoms with Gasteiger partial charge in [-0.1, -0.05) is 79.9 Å². The lowest BCUT2D eigenvalue weighted by Crippen LogP contribution is -2.35. The molecule has 34 heavy (non-hydrogen) atoms. The van der Waals surface area contributed by atoms with E-state index in [4.69, 9.17) is 10.5 Å². The molecule has 1 heterocycles. The van der Waals surface area contributed by atoms with Crippen molar-refractivity contribution in [2.24, 2.45) is 5.73 Å². The molecule has 0 aliphatic heterocycles. The number of fused-ring (bicyclic) bond motifs is 1. The number of ether oxygens (including phenoxy) is 1. The van der Waals surface area contributed by atoms with Crippen LogP contribution in [0.5, 0.6) is 0 Å². The summed E-state index contributed by atoms with van der Waals surface area (Å²) in [6, 6.07) is 24.4. The molecule has 172 valence electrons. The van der Waals surface area contributed by atoms with Crippen molar-refractivity contribution < 1.29 is 14.3 Å². The van der Waals surface area contributed by atoms with Crippen molar-refractivity contribution in [2.75, 3.05) is 12.0 Å². The molecule has 2 amide bonds. The van der Waals surface area contributed by atoms with Gasteiger partial charge in [0, 0.05) is 17.3 Å². The first-order valence-electron chi connectivity index (χ1n) is 11.3. The molecule has 0 unspecified atom stereocenters. The zero-order valence-electron chi connectivity index (χ0n) is 19.1. The first-order chi connectivity index (χ1) is 16.6. The number of carbonyl (C=O) groups excluding carboxylic acids is 2. The molecule has 1 aliphatic rings. The molecule has 4 aromatic rings. The number of pyridine rings is 1. The van der Waals surface area contributed by atoms with Crippen LogP contribution in [0.25, 0.3) is 21.9 Å². The highest BCUT2D eigenvalue weighted by Gasteiger charge is 2.18. The third-order valence-electron chi connectivity index (χ3n) is 5.44. The zero-order valence-corrected chi connectivity index (χ0v) is 19.1. The minimum absolute atomic E-state index is 0.214. The minimum Gasteiger partial charge on any atom is -0.464 e. The van der Waals surface area contributed by atoms with E-state index in [1.807, 2.05) is 60.7 Å². The van der Waals surface area contributed by atoms with Gasteiger partial charge in [-0.25, -0.2) is 14.6 Å². The molecule has 3 aromatic carbocycles. The number of nitrogens with zero attached hydrogens (tertiary/aromatic N) is 2. The van der Waals surface area contributed by atoms with E-state index in [1.165, 1.54) is 31.3 Å². The van der Waals surface area contributed by atoms with Crippen molar-refractivity contribution in [1.82, 2.24) is 4.98 Å². The number of rotatable bonds is 5. The number of hydrogen-bond acceptors (Lipinski definition) is 4. The van der Waals surface area contributed by atoms with Gasteiger partial charge in [-0.3, -0.25) is 4.90 Å². The number of nitrogens with two attached hydrogens (primary N) is 1. The van der Waals surface area contributed by atoms with Crippen molar-refractivity contribution in [3.63, 3.8) is 0 Å². The third kappa shape index (κ3) is 5.59. The van der Waals surface area contributed by atoms with Gasteiger partial charge in [-0.2, -0.15) is 0 Å². The number of amides is 2. The van der Waals surface area contributed by atoms with Crippen LogP contribution in [-0.2, 0) is 11.3 Å². The van der Waals surface area contributed by atoms with Gasteiger partial charge < -0.3 is 10.5 Å². The number of esters is 1. The van der Waals surface area contributed by atoms with E-state index in [9.17, 15) is 9.59 Å². The average molecular weight is 454 g/mol. The molecule has 2 N–H and O–H groups in total. The molecule has 1 aliphatic carbocycles. The number of carbonyl (C=O) groups is 2. The van der Waals surface area contributed by atoms with Gasteiger partial charge in [0.2, 0.25) is 0 Å². The second kappa shape index (κ2) is 10.6. The van der Waals surface area contributed by atoms with E-state index in [0.29, 0.717) is 12.2 Å². The van der Waals surface area contributed by atoms with Crippen LogP contribution in [0.4, 0.5) is 10.5 Å². The minimum atomic E-state index is -0.556. The van der Waals surface area contributed by atoms with Crippen molar-refractivity contribution >= 4 is 28.5 Å². The normalized spacial score (nSPS) is 11.8. The van der Waals surface area contributed by atoms with Gasteiger partial charge >= 0.3 is 12.0 Å². The van der Waals surface area contributed by atoms with Gasteiger partial charge in [-0.05, 0) is 34.5 Å². The summed E-state index contributed by atoms with van der Waals surface area (Å²) in [7, 11) is 1.31. The highest BCUT2D eigenvalue weighted by Crippen LogP contribution is 2.32. The van der Waals surface area contributed by atoms with Gasteiger partial charge in [0.1, 0.15) is 5.69 Å². The molecule has 0 bridgehead atoms. The van der Waals surface area contributed by atoms with Gasteiger partial charge in [0.25, 0.3) is 0 Å². The molecule has 0 spiro atoms. The third-order valence-corrected chi connectivity index (χ3v) is 5.44. The van der Waals surface area contributed by atoms with Crippen molar-refractivity contribution in [3.05, 3.63) is 96.3 Å². The Kier molecular flexibility index (Phi) is 7.18. The molecular weight excluding hydrogens is 426 g/mol. The van der Waals surface area contributed by atoms with Crippen LogP contribution in [0.3, 0.4) is 0 Å². The number of methoxy groups -OCH3 is 1. The van der Waals surface area contributed by atoms with E-state index in [2.05, 4.69) is 11.1 Å². The Morgan fingerprint density at radius 3 is 2.26 bits per heavy atom. The summed E-state index contributed by atoms with van der Waals surface area (Å²) in [5.74, 6) is -0.505. The number of primary amides is 1. The molecule has 1 fully saturated rings.